The van der Waals surface area contributed by atoms with Crippen LogP contribution in [0.2, 0.25) is 0 Å². The summed E-state index contributed by atoms with van der Waals surface area (Å²) in [6.07, 6.45) is 7.13. The van der Waals surface area contributed by atoms with Gasteiger partial charge in [0.15, 0.2) is 0 Å². The molecule has 0 radical (unpaired) electrons. The molecule has 0 spiro atoms. The highest BCUT2D eigenvalue weighted by Crippen LogP contribution is 2.04. The lowest BCUT2D eigenvalue weighted by Crippen LogP contribution is -2.27. The molecule has 1 aromatic heterocycles. The van der Waals surface area contributed by atoms with Crippen molar-refractivity contribution >= 4 is 11.3 Å². The number of rotatable bonds is 7. The van der Waals surface area contributed by atoms with Gasteiger partial charge in [-0.1, -0.05) is 6.08 Å². The molecule has 0 amide bonds. The van der Waals surface area contributed by atoms with Crippen molar-refractivity contribution in [2.45, 2.75) is 32.2 Å². The molecule has 1 atom stereocenters. The van der Waals surface area contributed by atoms with E-state index in [0.29, 0.717) is 6.04 Å². The van der Waals surface area contributed by atoms with Crippen molar-refractivity contribution < 1.29 is 0 Å². The SMILES string of the molecule is C=CCCC(C)NCCc1nccs1. The topological polar surface area (TPSA) is 24.9 Å². The summed E-state index contributed by atoms with van der Waals surface area (Å²) in [5.41, 5.74) is 0. The Kier molecular flexibility index (Phi) is 5.49. The molecule has 0 aliphatic rings. The monoisotopic (exact) mass is 210 g/mol. The van der Waals surface area contributed by atoms with E-state index in [9.17, 15) is 0 Å². The van der Waals surface area contributed by atoms with Gasteiger partial charge in [-0.15, -0.1) is 17.9 Å². The van der Waals surface area contributed by atoms with Crippen LogP contribution in [0, 0.1) is 0 Å². The van der Waals surface area contributed by atoms with Gasteiger partial charge in [-0.2, -0.15) is 0 Å². The Balaban J connectivity index is 2.06. The van der Waals surface area contributed by atoms with Crippen LogP contribution in [0.1, 0.15) is 24.8 Å². The summed E-state index contributed by atoms with van der Waals surface area (Å²) in [4.78, 5) is 4.24. The predicted molar refractivity (Wildman–Crippen MR) is 62.7 cm³/mol. The fourth-order valence-corrected chi connectivity index (χ4v) is 1.89. The zero-order valence-electron chi connectivity index (χ0n) is 8.70. The Morgan fingerprint density at radius 1 is 1.71 bits per heavy atom. The van der Waals surface area contributed by atoms with Crippen molar-refractivity contribution in [3.63, 3.8) is 0 Å². The van der Waals surface area contributed by atoms with Crippen LogP contribution in [-0.4, -0.2) is 17.6 Å². The first kappa shape index (κ1) is 11.4. The van der Waals surface area contributed by atoms with Crippen LogP contribution in [0.4, 0.5) is 0 Å². The summed E-state index contributed by atoms with van der Waals surface area (Å²) in [5, 5.41) is 6.71. The van der Waals surface area contributed by atoms with Crippen LogP contribution in [-0.2, 0) is 6.42 Å². The van der Waals surface area contributed by atoms with Crippen LogP contribution in [0.5, 0.6) is 0 Å². The first-order chi connectivity index (χ1) is 6.83. The second-order valence-corrected chi connectivity index (χ2v) is 4.38. The smallest absolute Gasteiger partial charge is 0.0937 e. The Labute approximate surface area is 90.1 Å². The molecular formula is C11H18N2S. The molecule has 0 bridgehead atoms. The number of hydrogen-bond acceptors (Lipinski definition) is 3. The minimum atomic E-state index is 0.577. The van der Waals surface area contributed by atoms with Crippen molar-refractivity contribution in [2.24, 2.45) is 0 Å². The van der Waals surface area contributed by atoms with E-state index in [1.54, 1.807) is 11.3 Å². The van der Waals surface area contributed by atoms with Crippen LogP contribution in [0.15, 0.2) is 24.2 Å². The van der Waals surface area contributed by atoms with Crippen molar-refractivity contribution in [3.05, 3.63) is 29.2 Å². The molecule has 0 saturated heterocycles. The van der Waals surface area contributed by atoms with E-state index in [4.69, 9.17) is 0 Å². The van der Waals surface area contributed by atoms with E-state index in [0.717, 1.165) is 19.4 Å². The van der Waals surface area contributed by atoms with Crippen LogP contribution in [0.25, 0.3) is 0 Å². The maximum atomic E-state index is 4.24. The van der Waals surface area contributed by atoms with Crippen molar-refractivity contribution in [1.29, 1.82) is 0 Å². The number of thiazole rings is 1. The molecule has 3 heteroatoms. The lowest BCUT2D eigenvalue weighted by molar-refractivity contribution is 0.521. The number of nitrogens with one attached hydrogen (secondary N) is 1. The highest BCUT2D eigenvalue weighted by Gasteiger charge is 2.00. The lowest BCUT2D eigenvalue weighted by Gasteiger charge is -2.11. The average molecular weight is 210 g/mol. The molecule has 0 aliphatic carbocycles. The fourth-order valence-electron chi connectivity index (χ4n) is 1.27. The van der Waals surface area contributed by atoms with Gasteiger partial charge in [0.25, 0.3) is 0 Å². The largest absolute Gasteiger partial charge is 0.314 e. The standard InChI is InChI=1S/C11H18N2S/c1-3-4-5-10(2)12-7-6-11-13-8-9-14-11/h3,8-10,12H,1,4-7H2,2H3. The highest BCUT2D eigenvalue weighted by molar-refractivity contribution is 7.09. The Morgan fingerprint density at radius 3 is 3.21 bits per heavy atom. The first-order valence-electron chi connectivity index (χ1n) is 5.05. The summed E-state index contributed by atoms with van der Waals surface area (Å²) in [6.45, 7) is 6.95. The number of allylic oxidation sites excluding steroid dienone is 1. The third-order valence-corrected chi connectivity index (χ3v) is 2.96. The van der Waals surface area contributed by atoms with E-state index in [1.807, 2.05) is 17.7 Å². The molecule has 14 heavy (non-hydrogen) atoms. The molecule has 0 fully saturated rings. The maximum absolute atomic E-state index is 4.24. The van der Waals surface area contributed by atoms with E-state index in [-0.39, 0.29) is 0 Å². The third-order valence-electron chi connectivity index (χ3n) is 2.12. The summed E-state index contributed by atoms with van der Waals surface area (Å²) in [7, 11) is 0. The molecule has 1 N–H and O–H groups in total. The number of nitrogens with zero attached hydrogens (tertiary/aromatic N) is 1. The Hall–Kier alpha value is -0.670. The quantitative estimate of drug-likeness (QED) is 0.700. The van der Waals surface area contributed by atoms with Gasteiger partial charge in [-0.25, -0.2) is 4.98 Å². The van der Waals surface area contributed by atoms with Gasteiger partial charge in [0.1, 0.15) is 0 Å². The Morgan fingerprint density at radius 2 is 2.57 bits per heavy atom. The molecule has 1 rings (SSSR count). The minimum Gasteiger partial charge on any atom is -0.314 e. The highest BCUT2D eigenvalue weighted by atomic mass is 32.1. The van der Waals surface area contributed by atoms with E-state index < -0.39 is 0 Å². The summed E-state index contributed by atoms with van der Waals surface area (Å²) in [5.74, 6) is 0. The second-order valence-electron chi connectivity index (χ2n) is 3.40. The normalized spacial score (nSPS) is 12.6. The molecule has 1 unspecified atom stereocenters. The van der Waals surface area contributed by atoms with Crippen LogP contribution in [0.3, 0.4) is 0 Å². The van der Waals surface area contributed by atoms with Crippen molar-refractivity contribution in [2.75, 3.05) is 6.54 Å². The number of aromatic nitrogens is 1. The van der Waals surface area contributed by atoms with Gasteiger partial charge in [0, 0.05) is 30.6 Å². The van der Waals surface area contributed by atoms with E-state index in [1.165, 1.54) is 11.4 Å². The molecule has 0 aliphatic heterocycles. The lowest BCUT2D eigenvalue weighted by atomic mass is 10.2. The molecule has 0 aromatic carbocycles. The summed E-state index contributed by atoms with van der Waals surface area (Å²) >= 11 is 1.73. The van der Waals surface area contributed by atoms with Gasteiger partial charge in [-0.3, -0.25) is 0 Å². The first-order valence-corrected chi connectivity index (χ1v) is 5.93. The molecule has 78 valence electrons. The van der Waals surface area contributed by atoms with E-state index in [2.05, 4.69) is 23.8 Å². The fraction of sp³-hybridized carbons (Fsp3) is 0.545. The van der Waals surface area contributed by atoms with Crippen molar-refractivity contribution in [1.82, 2.24) is 10.3 Å². The van der Waals surface area contributed by atoms with Crippen LogP contribution >= 0.6 is 11.3 Å². The molecule has 1 aromatic rings. The molecule has 2 nitrogen and oxygen atoms in total. The molecule has 0 saturated carbocycles. The molecule has 1 heterocycles. The van der Waals surface area contributed by atoms with Gasteiger partial charge in [0.2, 0.25) is 0 Å². The predicted octanol–water partition coefficient (Wildman–Crippen LogP) is 2.63. The van der Waals surface area contributed by atoms with Gasteiger partial charge in [0.05, 0.1) is 5.01 Å². The van der Waals surface area contributed by atoms with Gasteiger partial charge in [-0.05, 0) is 19.8 Å². The van der Waals surface area contributed by atoms with Gasteiger partial charge >= 0.3 is 0 Å². The maximum Gasteiger partial charge on any atom is 0.0937 e. The second kappa shape index (κ2) is 6.74. The molecular weight excluding hydrogens is 192 g/mol. The minimum absolute atomic E-state index is 0.577. The number of hydrogen-bond donors (Lipinski definition) is 1. The van der Waals surface area contributed by atoms with Crippen LogP contribution < -0.4 is 5.32 Å². The van der Waals surface area contributed by atoms with E-state index >= 15 is 0 Å². The summed E-state index contributed by atoms with van der Waals surface area (Å²) in [6, 6.07) is 0.577. The average Bonchev–Trinajstić information content (AvgIpc) is 2.67. The zero-order valence-corrected chi connectivity index (χ0v) is 9.52. The summed E-state index contributed by atoms with van der Waals surface area (Å²) < 4.78 is 0. The van der Waals surface area contributed by atoms with Crippen molar-refractivity contribution in [3.8, 4) is 0 Å². The zero-order chi connectivity index (χ0) is 10.2. The Bertz CT molecular complexity index is 244. The van der Waals surface area contributed by atoms with Gasteiger partial charge < -0.3 is 5.32 Å². The third kappa shape index (κ3) is 4.53.